The number of para-hydroxylation sites is 2. The van der Waals surface area contributed by atoms with Crippen LogP contribution < -0.4 is 15.2 Å². The van der Waals surface area contributed by atoms with E-state index in [0.29, 0.717) is 11.4 Å². The SMILES string of the molecule is CCC1(NS(=O)(=O)CCOc2ccccc2N)CCC1. The highest BCUT2D eigenvalue weighted by molar-refractivity contribution is 7.89. The number of nitrogen functional groups attached to an aromatic ring is 1. The maximum atomic E-state index is 12.1. The summed E-state index contributed by atoms with van der Waals surface area (Å²) >= 11 is 0. The van der Waals surface area contributed by atoms with Crippen LogP contribution in [0.4, 0.5) is 5.69 Å². The molecule has 112 valence electrons. The lowest BCUT2D eigenvalue weighted by Gasteiger charge is -2.41. The Morgan fingerprint density at radius 3 is 2.60 bits per heavy atom. The van der Waals surface area contributed by atoms with Crippen molar-refractivity contribution in [2.75, 3.05) is 18.1 Å². The summed E-state index contributed by atoms with van der Waals surface area (Å²) in [7, 11) is -3.31. The molecule has 1 saturated carbocycles. The van der Waals surface area contributed by atoms with Gasteiger partial charge in [0.15, 0.2) is 0 Å². The predicted molar refractivity (Wildman–Crippen MR) is 80.1 cm³/mol. The maximum Gasteiger partial charge on any atom is 0.215 e. The molecule has 0 spiro atoms. The second kappa shape index (κ2) is 6.01. The molecule has 1 fully saturated rings. The number of nitrogens with one attached hydrogen (secondary N) is 1. The van der Waals surface area contributed by atoms with Crippen LogP contribution in [0.2, 0.25) is 0 Å². The molecule has 5 nitrogen and oxygen atoms in total. The molecule has 3 N–H and O–H groups in total. The molecule has 0 bridgehead atoms. The van der Waals surface area contributed by atoms with E-state index in [4.69, 9.17) is 10.5 Å². The van der Waals surface area contributed by atoms with Gasteiger partial charge in [-0.1, -0.05) is 19.1 Å². The molecular weight excluding hydrogens is 276 g/mol. The molecule has 1 aliphatic carbocycles. The average molecular weight is 298 g/mol. The number of hydrogen-bond donors (Lipinski definition) is 2. The van der Waals surface area contributed by atoms with Crippen molar-refractivity contribution in [3.63, 3.8) is 0 Å². The summed E-state index contributed by atoms with van der Waals surface area (Å²) in [5, 5.41) is 0. The molecular formula is C14H22N2O3S. The van der Waals surface area contributed by atoms with Gasteiger partial charge in [-0.2, -0.15) is 0 Å². The third kappa shape index (κ3) is 3.64. The van der Waals surface area contributed by atoms with E-state index in [-0.39, 0.29) is 17.9 Å². The number of ether oxygens (including phenoxy) is 1. The molecule has 0 heterocycles. The number of nitrogens with two attached hydrogens (primary N) is 1. The molecule has 1 aliphatic rings. The van der Waals surface area contributed by atoms with Crippen LogP contribution in [0.3, 0.4) is 0 Å². The summed E-state index contributed by atoms with van der Waals surface area (Å²) in [4.78, 5) is 0. The van der Waals surface area contributed by atoms with E-state index >= 15 is 0 Å². The molecule has 20 heavy (non-hydrogen) atoms. The number of hydrogen-bond acceptors (Lipinski definition) is 4. The standard InChI is InChI=1S/C14H22N2O3S/c1-2-14(8-5-9-14)16-20(17,18)11-10-19-13-7-4-3-6-12(13)15/h3-4,6-7,16H,2,5,8-11,15H2,1H3. The van der Waals surface area contributed by atoms with Crippen molar-refractivity contribution in [1.29, 1.82) is 0 Å². The Bertz CT molecular complexity index is 548. The molecule has 0 unspecified atom stereocenters. The fourth-order valence-corrected chi connectivity index (χ4v) is 3.80. The van der Waals surface area contributed by atoms with Gasteiger partial charge in [0, 0.05) is 5.54 Å². The van der Waals surface area contributed by atoms with Crippen molar-refractivity contribution >= 4 is 15.7 Å². The summed E-state index contributed by atoms with van der Waals surface area (Å²) in [6.07, 6.45) is 3.77. The van der Waals surface area contributed by atoms with E-state index in [1.807, 2.05) is 13.0 Å². The maximum absolute atomic E-state index is 12.1. The summed E-state index contributed by atoms with van der Waals surface area (Å²) < 4.78 is 32.3. The number of rotatable bonds is 7. The quantitative estimate of drug-likeness (QED) is 0.753. The van der Waals surface area contributed by atoms with Crippen LogP contribution in [0.15, 0.2) is 24.3 Å². The van der Waals surface area contributed by atoms with Crippen molar-refractivity contribution in [2.24, 2.45) is 0 Å². The highest BCUT2D eigenvalue weighted by atomic mass is 32.2. The van der Waals surface area contributed by atoms with Gasteiger partial charge in [-0.15, -0.1) is 0 Å². The van der Waals surface area contributed by atoms with E-state index < -0.39 is 10.0 Å². The van der Waals surface area contributed by atoms with Crippen LogP contribution in [0.25, 0.3) is 0 Å². The van der Waals surface area contributed by atoms with Crippen LogP contribution in [0.5, 0.6) is 5.75 Å². The Morgan fingerprint density at radius 1 is 1.35 bits per heavy atom. The normalized spacial score (nSPS) is 17.4. The third-order valence-electron chi connectivity index (χ3n) is 3.89. The zero-order valence-electron chi connectivity index (χ0n) is 11.8. The van der Waals surface area contributed by atoms with Gasteiger partial charge in [0.2, 0.25) is 10.0 Å². The summed E-state index contributed by atoms with van der Waals surface area (Å²) in [6, 6.07) is 7.07. The minimum absolute atomic E-state index is 0.0525. The van der Waals surface area contributed by atoms with Gasteiger partial charge in [0.25, 0.3) is 0 Å². The predicted octanol–water partition coefficient (Wildman–Crippen LogP) is 1.90. The Hall–Kier alpha value is -1.27. The first-order chi connectivity index (χ1) is 9.46. The summed E-state index contributed by atoms with van der Waals surface area (Å²) in [5.74, 6) is 0.472. The highest BCUT2D eigenvalue weighted by Crippen LogP contribution is 2.35. The van der Waals surface area contributed by atoms with E-state index in [1.165, 1.54) is 0 Å². The van der Waals surface area contributed by atoms with Gasteiger partial charge in [-0.05, 0) is 37.8 Å². The van der Waals surface area contributed by atoms with Gasteiger partial charge >= 0.3 is 0 Å². The Labute approximate surface area is 120 Å². The van der Waals surface area contributed by atoms with Gasteiger partial charge in [0.1, 0.15) is 12.4 Å². The Balaban J connectivity index is 1.85. The van der Waals surface area contributed by atoms with Crippen LogP contribution in [0, 0.1) is 0 Å². The van der Waals surface area contributed by atoms with E-state index in [1.54, 1.807) is 18.2 Å². The Morgan fingerprint density at radius 2 is 2.05 bits per heavy atom. The third-order valence-corrected chi connectivity index (χ3v) is 5.34. The summed E-state index contributed by atoms with van der Waals surface area (Å²) in [6.45, 7) is 2.12. The zero-order valence-corrected chi connectivity index (χ0v) is 12.6. The first kappa shape index (κ1) is 15.1. The smallest absolute Gasteiger partial charge is 0.215 e. The number of sulfonamides is 1. The molecule has 0 radical (unpaired) electrons. The minimum atomic E-state index is -3.31. The second-order valence-electron chi connectivity index (χ2n) is 5.29. The molecule has 6 heteroatoms. The molecule has 0 saturated heterocycles. The Kier molecular flexibility index (Phi) is 4.55. The van der Waals surface area contributed by atoms with Crippen molar-refractivity contribution in [2.45, 2.75) is 38.1 Å². The molecule has 0 aromatic heterocycles. The second-order valence-corrected chi connectivity index (χ2v) is 7.14. The largest absolute Gasteiger partial charge is 0.490 e. The lowest BCUT2D eigenvalue weighted by atomic mass is 9.76. The molecule has 2 rings (SSSR count). The zero-order chi connectivity index (χ0) is 14.6. The van der Waals surface area contributed by atoms with Gasteiger partial charge in [0.05, 0.1) is 11.4 Å². The number of benzene rings is 1. The molecule has 1 aromatic carbocycles. The van der Waals surface area contributed by atoms with Gasteiger partial charge < -0.3 is 10.5 Å². The topological polar surface area (TPSA) is 81.4 Å². The fourth-order valence-electron chi connectivity index (χ4n) is 2.39. The molecule has 0 amide bonds. The first-order valence-electron chi connectivity index (χ1n) is 6.95. The lowest BCUT2D eigenvalue weighted by Crippen LogP contribution is -2.53. The van der Waals surface area contributed by atoms with E-state index in [2.05, 4.69) is 4.72 Å². The molecule has 0 atom stereocenters. The van der Waals surface area contributed by atoms with Gasteiger partial charge in [-0.25, -0.2) is 13.1 Å². The van der Waals surface area contributed by atoms with Crippen LogP contribution >= 0.6 is 0 Å². The highest BCUT2D eigenvalue weighted by Gasteiger charge is 2.38. The monoisotopic (exact) mass is 298 g/mol. The van der Waals surface area contributed by atoms with Crippen molar-refractivity contribution in [3.8, 4) is 5.75 Å². The first-order valence-corrected chi connectivity index (χ1v) is 8.60. The van der Waals surface area contributed by atoms with Gasteiger partial charge in [-0.3, -0.25) is 0 Å². The van der Waals surface area contributed by atoms with Crippen LogP contribution in [-0.2, 0) is 10.0 Å². The minimum Gasteiger partial charge on any atom is -0.490 e. The fraction of sp³-hybridized carbons (Fsp3) is 0.571. The molecule has 1 aromatic rings. The number of anilines is 1. The van der Waals surface area contributed by atoms with Crippen molar-refractivity contribution < 1.29 is 13.2 Å². The lowest BCUT2D eigenvalue weighted by molar-refractivity contribution is 0.213. The van der Waals surface area contributed by atoms with Crippen LogP contribution in [-0.4, -0.2) is 26.3 Å². The summed E-state index contributed by atoms with van der Waals surface area (Å²) in [5.41, 5.74) is 6.03. The van der Waals surface area contributed by atoms with E-state index in [0.717, 1.165) is 25.7 Å². The van der Waals surface area contributed by atoms with Crippen LogP contribution in [0.1, 0.15) is 32.6 Å². The average Bonchev–Trinajstić information content (AvgIpc) is 2.36. The van der Waals surface area contributed by atoms with Crippen molar-refractivity contribution in [3.05, 3.63) is 24.3 Å². The van der Waals surface area contributed by atoms with Crippen molar-refractivity contribution in [1.82, 2.24) is 4.72 Å². The van der Waals surface area contributed by atoms with E-state index in [9.17, 15) is 8.42 Å². The molecule has 0 aliphatic heterocycles.